The van der Waals surface area contributed by atoms with E-state index >= 15 is 0 Å². The van der Waals surface area contributed by atoms with E-state index in [1.54, 1.807) is 38.6 Å². The largest absolute Gasteiger partial charge is 0.439 e. The van der Waals surface area contributed by atoms with Gasteiger partial charge in [-0.05, 0) is 36.9 Å². The zero-order valence-electron chi connectivity index (χ0n) is 11.0. The molecule has 0 saturated carbocycles. The Balaban J connectivity index is 2.37. The molecule has 0 aliphatic rings. The number of nitrogens with zero attached hydrogens (tertiary/aromatic N) is 2. The molecule has 100 valence electrons. The summed E-state index contributed by atoms with van der Waals surface area (Å²) in [7, 11) is 3.42. The van der Waals surface area contributed by atoms with E-state index in [4.69, 9.17) is 10.2 Å². The molecular formula is C13H15N3O2S. The number of nitrogen functional groups attached to an aromatic ring is 1. The Hall–Kier alpha value is -1.95. The summed E-state index contributed by atoms with van der Waals surface area (Å²) >= 11 is 1.29. The second kappa shape index (κ2) is 5.36. The van der Waals surface area contributed by atoms with Crippen LogP contribution in [0.2, 0.25) is 0 Å². The number of oxazole rings is 1. The number of aryl methyl sites for hydroxylation is 1. The van der Waals surface area contributed by atoms with Gasteiger partial charge >= 0.3 is 0 Å². The van der Waals surface area contributed by atoms with Gasteiger partial charge in [-0.15, -0.1) is 0 Å². The molecule has 0 saturated heterocycles. The Labute approximate surface area is 115 Å². The molecule has 0 atom stereocenters. The summed E-state index contributed by atoms with van der Waals surface area (Å²) in [5, 5.41) is 0.496. The molecule has 1 amide bonds. The number of carbonyl (C=O) groups excluding carboxylic acids is 1. The molecule has 1 aromatic carbocycles. The van der Waals surface area contributed by atoms with Crippen LogP contribution in [0.1, 0.15) is 16.1 Å². The number of hydrogen-bond donors (Lipinski definition) is 1. The minimum absolute atomic E-state index is 0.0780. The van der Waals surface area contributed by atoms with Crippen LogP contribution in [-0.2, 0) is 0 Å². The van der Waals surface area contributed by atoms with Gasteiger partial charge in [-0.3, -0.25) is 4.79 Å². The molecule has 0 unspecified atom stereocenters. The first-order valence-corrected chi connectivity index (χ1v) is 6.50. The molecule has 19 heavy (non-hydrogen) atoms. The smallest absolute Gasteiger partial charge is 0.260 e. The number of amides is 1. The second-order valence-corrected chi connectivity index (χ2v) is 5.31. The molecule has 2 aromatic rings. The lowest BCUT2D eigenvalue weighted by Crippen LogP contribution is -2.22. The Morgan fingerprint density at radius 1 is 1.42 bits per heavy atom. The first-order valence-electron chi connectivity index (χ1n) is 5.68. The fraction of sp³-hybridized carbons (Fsp3) is 0.231. The average Bonchev–Trinajstić information content (AvgIpc) is 2.74. The summed E-state index contributed by atoms with van der Waals surface area (Å²) in [5.41, 5.74) is 7.75. The first-order chi connectivity index (χ1) is 8.97. The highest BCUT2D eigenvalue weighted by Gasteiger charge is 2.16. The molecule has 6 heteroatoms. The highest BCUT2D eigenvalue weighted by molar-refractivity contribution is 7.99. The van der Waals surface area contributed by atoms with Gasteiger partial charge in [0.25, 0.3) is 11.1 Å². The zero-order valence-corrected chi connectivity index (χ0v) is 11.8. The fourth-order valence-electron chi connectivity index (χ4n) is 1.51. The van der Waals surface area contributed by atoms with Crippen molar-refractivity contribution in [3.05, 3.63) is 35.7 Å². The molecule has 1 aromatic heterocycles. The summed E-state index contributed by atoms with van der Waals surface area (Å²) in [6.07, 6.45) is 1.57. The average molecular weight is 277 g/mol. The van der Waals surface area contributed by atoms with Crippen LogP contribution in [0.4, 0.5) is 5.69 Å². The van der Waals surface area contributed by atoms with E-state index in [0.29, 0.717) is 16.5 Å². The minimum atomic E-state index is -0.0780. The maximum absolute atomic E-state index is 12.1. The second-order valence-electron chi connectivity index (χ2n) is 4.31. The highest BCUT2D eigenvalue weighted by Crippen LogP contribution is 2.31. The molecule has 0 bridgehead atoms. The predicted molar refractivity (Wildman–Crippen MR) is 74.2 cm³/mol. The van der Waals surface area contributed by atoms with Crippen molar-refractivity contribution in [3.8, 4) is 0 Å². The van der Waals surface area contributed by atoms with Crippen molar-refractivity contribution >= 4 is 23.4 Å². The zero-order chi connectivity index (χ0) is 14.0. The number of benzene rings is 1. The standard InChI is InChI=1S/C13H15N3O2S/c1-8-7-18-13(15-8)19-11-6-9(14)4-5-10(11)12(17)16(2)3/h4-7H,14H2,1-3H3. The number of aromatic nitrogens is 1. The van der Waals surface area contributed by atoms with E-state index in [-0.39, 0.29) is 5.91 Å². The highest BCUT2D eigenvalue weighted by atomic mass is 32.2. The number of anilines is 1. The van der Waals surface area contributed by atoms with Gasteiger partial charge in [0, 0.05) is 24.7 Å². The van der Waals surface area contributed by atoms with Crippen LogP contribution < -0.4 is 5.73 Å². The number of nitrogens with two attached hydrogens (primary N) is 1. The van der Waals surface area contributed by atoms with Gasteiger partial charge in [0.2, 0.25) is 0 Å². The van der Waals surface area contributed by atoms with Crippen molar-refractivity contribution in [2.45, 2.75) is 17.0 Å². The Bertz CT molecular complexity index is 608. The van der Waals surface area contributed by atoms with Crippen LogP contribution in [0.25, 0.3) is 0 Å². The van der Waals surface area contributed by atoms with Crippen LogP contribution in [-0.4, -0.2) is 29.9 Å². The van der Waals surface area contributed by atoms with E-state index in [0.717, 1.165) is 10.6 Å². The van der Waals surface area contributed by atoms with Crippen LogP contribution in [0, 0.1) is 6.92 Å². The topological polar surface area (TPSA) is 72.4 Å². The molecule has 0 radical (unpaired) electrons. The summed E-state index contributed by atoms with van der Waals surface area (Å²) in [6.45, 7) is 1.85. The Morgan fingerprint density at radius 2 is 2.16 bits per heavy atom. The fourth-order valence-corrected chi connectivity index (χ4v) is 2.45. The van der Waals surface area contributed by atoms with Gasteiger partial charge in [-0.2, -0.15) is 0 Å². The van der Waals surface area contributed by atoms with Crippen molar-refractivity contribution in [2.24, 2.45) is 0 Å². The lowest BCUT2D eigenvalue weighted by atomic mass is 10.2. The summed E-state index contributed by atoms with van der Waals surface area (Å²) in [5.74, 6) is -0.0780. The van der Waals surface area contributed by atoms with Gasteiger partial charge < -0.3 is 15.1 Å². The van der Waals surface area contributed by atoms with E-state index in [1.165, 1.54) is 16.7 Å². The predicted octanol–water partition coefficient (Wildman–Crippen LogP) is 2.42. The third-order valence-corrected chi connectivity index (χ3v) is 3.36. The molecule has 5 nitrogen and oxygen atoms in total. The monoisotopic (exact) mass is 277 g/mol. The summed E-state index contributed by atoms with van der Waals surface area (Å²) in [4.78, 5) is 18.6. The van der Waals surface area contributed by atoms with Crippen molar-refractivity contribution in [2.75, 3.05) is 19.8 Å². The summed E-state index contributed by atoms with van der Waals surface area (Å²) < 4.78 is 5.29. The quantitative estimate of drug-likeness (QED) is 0.872. The first kappa shape index (κ1) is 13.5. The lowest BCUT2D eigenvalue weighted by Gasteiger charge is -2.13. The van der Waals surface area contributed by atoms with E-state index < -0.39 is 0 Å². The Kier molecular flexibility index (Phi) is 3.80. The maximum atomic E-state index is 12.1. The number of carbonyl (C=O) groups is 1. The van der Waals surface area contributed by atoms with Gasteiger partial charge in [0.05, 0.1) is 11.3 Å². The van der Waals surface area contributed by atoms with Crippen molar-refractivity contribution < 1.29 is 9.21 Å². The van der Waals surface area contributed by atoms with Gasteiger partial charge in [-0.1, -0.05) is 0 Å². The van der Waals surface area contributed by atoms with Crippen LogP contribution in [0.5, 0.6) is 0 Å². The van der Waals surface area contributed by atoms with E-state index in [2.05, 4.69) is 4.98 Å². The van der Waals surface area contributed by atoms with Crippen LogP contribution in [0.3, 0.4) is 0 Å². The lowest BCUT2D eigenvalue weighted by molar-refractivity contribution is 0.0824. The van der Waals surface area contributed by atoms with Crippen LogP contribution >= 0.6 is 11.8 Å². The Morgan fingerprint density at radius 3 is 2.74 bits per heavy atom. The SMILES string of the molecule is Cc1coc(Sc2cc(N)ccc2C(=O)N(C)C)n1. The summed E-state index contributed by atoms with van der Waals surface area (Å²) in [6, 6.07) is 5.18. The third-order valence-electron chi connectivity index (χ3n) is 2.44. The van der Waals surface area contributed by atoms with Gasteiger partial charge in [0.15, 0.2) is 0 Å². The van der Waals surface area contributed by atoms with Crippen LogP contribution in [0.15, 0.2) is 39.0 Å². The maximum Gasteiger partial charge on any atom is 0.260 e. The molecule has 0 spiro atoms. The third kappa shape index (κ3) is 3.08. The molecular weight excluding hydrogens is 262 g/mol. The number of rotatable bonds is 3. The molecule has 1 heterocycles. The number of hydrogen-bond acceptors (Lipinski definition) is 5. The molecule has 0 fully saturated rings. The normalized spacial score (nSPS) is 10.5. The van der Waals surface area contributed by atoms with Gasteiger partial charge in [0.1, 0.15) is 6.26 Å². The van der Waals surface area contributed by atoms with Gasteiger partial charge in [-0.25, -0.2) is 4.98 Å². The minimum Gasteiger partial charge on any atom is -0.439 e. The molecule has 2 N–H and O–H groups in total. The van der Waals surface area contributed by atoms with Crippen molar-refractivity contribution in [3.63, 3.8) is 0 Å². The molecule has 2 rings (SSSR count). The molecule has 0 aliphatic heterocycles. The van der Waals surface area contributed by atoms with Crippen molar-refractivity contribution in [1.29, 1.82) is 0 Å². The van der Waals surface area contributed by atoms with Crippen molar-refractivity contribution in [1.82, 2.24) is 9.88 Å². The van der Waals surface area contributed by atoms with E-state index in [9.17, 15) is 4.79 Å². The van der Waals surface area contributed by atoms with E-state index in [1.807, 2.05) is 6.92 Å². The molecule has 0 aliphatic carbocycles.